The van der Waals surface area contributed by atoms with Gasteiger partial charge in [0.25, 0.3) is 0 Å². The van der Waals surface area contributed by atoms with Crippen LogP contribution >= 0.6 is 11.6 Å². The number of hydrogen-bond donors (Lipinski definition) is 2. The maximum atomic E-state index is 13.3. The van der Waals surface area contributed by atoms with Crippen LogP contribution in [0.4, 0.5) is 26.3 Å². The molecule has 0 bridgehead atoms. The summed E-state index contributed by atoms with van der Waals surface area (Å²) in [5.74, 6) is 0. The van der Waals surface area contributed by atoms with Gasteiger partial charge in [0.1, 0.15) is 6.54 Å². The first-order valence-corrected chi connectivity index (χ1v) is 17.5. The Morgan fingerprint density at radius 2 is 1.39 bits per heavy atom. The number of hydrogen-bond acceptors (Lipinski definition) is 3. The van der Waals surface area contributed by atoms with Crippen molar-refractivity contribution < 1.29 is 26.3 Å². The summed E-state index contributed by atoms with van der Waals surface area (Å²) in [5, 5.41) is 6.68. The molecular formula is C41H40ClF6N3. The Hall–Kier alpha value is -4.21. The van der Waals surface area contributed by atoms with Crippen molar-refractivity contribution >= 4 is 17.3 Å². The third-order valence-electron chi connectivity index (χ3n) is 10.2. The number of benzene rings is 4. The fourth-order valence-corrected chi connectivity index (χ4v) is 7.81. The Kier molecular flexibility index (Phi) is 10.6. The minimum atomic E-state index is -4.41. The number of nitrogens with zero attached hydrogens (tertiary/aromatic N) is 1. The molecule has 51 heavy (non-hydrogen) atoms. The quantitative estimate of drug-likeness (QED) is 0.113. The van der Waals surface area contributed by atoms with Crippen LogP contribution < -0.4 is 10.6 Å². The molecular weight excluding hydrogens is 684 g/mol. The van der Waals surface area contributed by atoms with Crippen molar-refractivity contribution in [2.75, 3.05) is 26.2 Å². The van der Waals surface area contributed by atoms with E-state index >= 15 is 0 Å². The number of fused-ring (bicyclic) bond motifs is 3. The third-order valence-corrected chi connectivity index (χ3v) is 10.4. The second kappa shape index (κ2) is 14.8. The van der Waals surface area contributed by atoms with Gasteiger partial charge < -0.3 is 15.5 Å². The van der Waals surface area contributed by atoms with E-state index in [2.05, 4.69) is 28.7 Å². The van der Waals surface area contributed by atoms with Crippen LogP contribution in [0.1, 0.15) is 54.4 Å². The smallest absolute Gasteiger partial charge is 0.382 e. The topological polar surface area (TPSA) is 27.3 Å². The van der Waals surface area contributed by atoms with Crippen LogP contribution in [0.5, 0.6) is 0 Å². The van der Waals surface area contributed by atoms with Gasteiger partial charge in [0.05, 0.1) is 11.0 Å². The number of piperidine rings is 1. The zero-order valence-electron chi connectivity index (χ0n) is 28.1. The second-order valence-electron chi connectivity index (χ2n) is 13.4. The van der Waals surface area contributed by atoms with Crippen LogP contribution in [-0.2, 0) is 11.6 Å². The van der Waals surface area contributed by atoms with Gasteiger partial charge in [-0.3, -0.25) is 0 Å². The molecule has 1 saturated heterocycles. The molecule has 1 fully saturated rings. The van der Waals surface area contributed by atoms with Gasteiger partial charge in [-0.25, -0.2) is 0 Å². The molecule has 0 spiro atoms. The number of allylic oxidation sites excluding steroid dienone is 1. The van der Waals surface area contributed by atoms with Crippen molar-refractivity contribution in [3.63, 3.8) is 0 Å². The molecule has 10 heteroatoms. The highest BCUT2D eigenvalue weighted by Crippen LogP contribution is 2.54. The molecule has 4 aromatic rings. The molecule has 4 aromatic carbocycles. The van der Waals surface area contributed by atoms with Crippen molar-refractivity contribution in [1.29, 1.82) is 0 Å². The van der Waals surface area contributed by atoms with Gasteiger partial charge in [0, 0.05) is 41.1 Å². The van der Waals surface area contributed by atoms with Crippen LogP contribution in [0.25, 0.3) is 28.0 Å². The normalized spacial score (nSPS) is 16.0. The Balaban J connectivity index is 1.06. The average molecular weight is 724 g/mol. The van der Waals surface area contributed by atoms with Crippen molar-refractivity contribution in [2.24, 2.45) is 0 Å². The van der Waals surface area contributed by atoms with E-state index in [9.17, 15) is 26.3 Å². The lowest BCUT2D eigenvalue weighted by atomic mass is 9.72. The minimum absolute atomic E-state index is 0.158. The van der Waals surface area contributed by atoms with E-state index in [4.69, 9.17) is 11.6 Å². The van der Waals surface area contributed by atoms with E-state index in [1.54, 1.807) is 18.2 Å². The number of rotatable bonds is 12. The van der Waals surface area contributed by atoms with E-state index in [0.717, 1.165) is 90.8 Å². The van der Waals surface area contributed by atoms with Gasteiger partial charge in [0.15, 0.2) is 0 Å². The SMILES string of the molecule is C=C(NC1CCN(CCCCC2(C(=C)NCC(F)(F)F)c3ccccc3-c3ccccc32)CC1)c1cc(Cl)ccc1-c1ccc(C(F)(F)F)cc1. The summed E-state index contributed by atoms with van der Waals surface area (Å²) < 4.78 is 79.3. The fraction of sp³-hybridized carbons (Fsp3) is 0.317. The highest BCUT2D eigenvalue weighted by atomic mass is 35.5. The van der Waals surface area contributed by atoms with Crippen LogP contribution in [0.2, 0.25) is 5.02 Å². The van der Waals surface area contributed by atoms with Crippen LogP contribution in [-0.4, -0.2) is 43.3 Å². The first-order chi connectivity index (χ1) is 24.3. The lowest BCUT2D eigenvalue weighted by Gasteiger charge is -2.36. The maximum absolute atomic E-state index is 13.3. The summed E-state index contributed by atoms with van der Waals surface area (Å²) >= 11 is 6.33. The van der Waals surface area contributed by atoms with E-state index in [0.29, 0.717) is 28.4 Å². The van der Waals surface area contributed by atoms with Gasteiger partial charge in [-0.2, -0.15) is 26.3 Å². The van der Waals surface area contributed by atoms with E-state index in [1.807, 2.05) is 48.5 Å². The molecule has 0 unspecified atom stereocenters. The van der Waals surface area contributed by atoms with Gasteiger partial charge in [-0.15, -0.1) is 0 Å². The lowest BCUT2D eigenvalue weighted by Crippen LogP contribution is -2.42. The lowest BCUT2D eigenvalue weighted by molar-refractivity contribution is -0.137. The Morgan fingerprint density at radius 3 is 1.98 bits per heavy atom. The molecule has 2 N–H and O–H groups in total. The monoisotopic (exact) mass is 723 g/mol. The standard InChI is InChI=1S/C41H40ClF6N3/c1-27(36-25-31(42)17-18-33(36)29-13-15-30(16-14-29)41(46,47)48)50-32-19-23-51(24-20-32)22-8-7-21-39(28(2)49-26-40(43,44)45)37-11-5-3-9-34(37)35-10-4-6-12-38(35)39/h3-6,9-18,25,32,49-50H,1-2,7-8,19-24,26H2. The molecule has 6 rings (SSSR count). The molecule has 0 saturated carbocycles. The van der Waals surface area contributed by atoms with E-state index < -0.39 is 29.9 Å². The third kappa shape index (κ3) is 8.00. The molecule has 0 radical (unpaired) electrons. The molecule has 2 aliphatic rings. The van der Waals surface area contributed by atoms with Crippen molar-refractivity contribution in [2.45, 2.75) is 55.9 Å². The van der Waals surface area contributed by atoms with Crippen molar-refractivity contribution in [3.8, 4) is 22.3 Å². The van der Waals surface area contributed by atoms with Gasteiger partial charge in [0.2, 0.25) is 0 Å². The predicted octanol–water partition coefficient (Wildman–Crippen LogP) is 10.9. The predicted molar refractivity (Wildman–Crippen MR) is 193 cm³/mol. The van der Waals surface area contributed by atoms with Crippen LogP contribution in [0.15, 0.2) is 110 Å². The maximum Gasteiger partial charge on any atom is 0.416 e. The van der Waals surface area contributed by atoms with E-state index in [-0.39, 0.29) is 6.04 Å². The number of halogens is 7. The average Bonchev–Trinajstić information content (AvgIpc) is 3.39. The van der Waals surface area contributed by atoms with Crippen LogP contribution in [0, 0.1) is 0 Å². The summed E-state index contributed by atoms with van der Waals surface area (Å²) in [6.07, 6.45) is -4.73. The Morgan fingerprint density at radius 1 is 0.784 bits per heavy atom. The first kappa shape index (κ1) is 36.6. The van der Waals surface area contributed by atoms with Gasteiger partial charge in [-0.05, 0) is 89.9 Å². The zero-order valence-corrected chi connectivity index (χ0v) is 28.9. The summed E-state index contributed by atoms with van der Waals surface area (Å²) in [6, 6.07) is 26.4. The van der Waals surface area contributed by atoms with Gasteiger partial charge in [-0.1, -0.05) is 97.9 Å². The molecule has 1 aliphatic carbocycles. The van der Waals surface area contributed by atoms with Gasteiger partial charge >= 0.3 is 12.4 Å². The van der Waals surface area contributed by atoms with Crippen molar-refractivity contribution in [3.05, 3.63) is 137 Å². The molecule has 0 atom stereocenters. The number of unbranched alkanes of at least 4 members (excludes halogenated alkanes) is 1. The number of nitrogens with one attached hydrogen (secondary N) is 2. The van der Waals surface area contributed by atoms with E-state index in [1.165, 1.54) is 12.1 Å². The second-order valence-corrected chi connectivity index (χ2v) is 13.8. The minimum Gasteiger partial charge on any atom is -0.382 e. The zero-order chi connectivity index (χ0) is 36.4. The van der Waals surface area contributed by atoms with Crippen LogP contribution in [0.3, 0.4) is 0 Å². The molecule has 1 heterocycles. The Labute approximate surface area is 300 Å². The molecule has 268 valence electrons. The number of alkyl halides is 6. The summed E-state index contributed by atoms with van der Waals surface area (Å²) in [5.41, 5.74) is 5.70. The molecule has 0 aromatic heterocycles. The molecule has 0 amide bonds. The summed E-state index contributed by atoms with van der Waals surface area (Å²) in [4.78, 5) is 2.41. The molecule has 1 aliphatic heterocycles. The highest BCUT2D eigenvalue weighted by Gasteiger charge is 2.45. The summed E-state index contributed by atoms with van der Waals surface area (Å²) in [6.45, 7) is 9.90. The Bertz CT molecular complexity index is 1830. The fourth-order valence-electron chi connectivity index (χ4n) is 7.64. The first-order valence-electron chi connectivity index (χ1n) is 17.1. The summed E-state index contributed by atoms with van der Waals surface area (Å²) in [7, 11) is 0. The van der Waals surface area contributed by atoms with Crippen molar-refractivity contribution in [1.82, 2.24) is 15.5 Å². The highest BCUT2D eigenvalue weighted by molar-refractivity contribution is 6.30. The number of likely N-dealkylation sites (tertiary alicyclic amines) is 1. The largest absolute Gasteiger partial charge is 0.416 e. The molecule has 3 nitrogen and oxygen atoms in total.